The van der Waals surface area contributed by atoms with Crippen LogP contribution in [0.1, 0.15) is 19.4 Å². The van der Waals surface area contributed by atoms with Crippen LogP contribution < -0.4 is 11.1 Å². The predicted molar refractivity (Wildman–Crippen MR) is 69.2 cm³/mol. The smallest absolute Gasteiger partial charge is 0.307 e. The minimum absolute atomic E-state index is 0.0483. The Morgan fingerprint density at radius 2 is 2.06 bits per heavy atom. The van der Waals surface area contributed by atoms with Gasteiger partial charge in [0.1, 0.15) is 0 Å². The molecule has 5 nitrogen and oxygen atoms in total. The fourth-order valence-corrected chi connectivity index (χ4v) is 1.46. The molecular formula is C13H18N2O3. The highest BCUT2D eigenvalue weighted by molar-refractivity contribution is 5.94. The second kappa shape index (κ2) is 6.16. The molecule has 1 atom stereocenters. The maximum absolute atomic E-state index is 11.7. The van der Waals surface area contributed by atoms with Gasteiger partial charge in [0, 0.05) is 5.69 Å². The SMILES string of the molecule is CC(C)[C@H](N)C(=O)Nc1cccc(CC(=O)O)c1. The molecule has 0 saturated heterocycles. The maximum atomic E-state index is 11.7. The van der Waals surface area contributed by atoms with Crippen LogP contribution in [0.15, 0.2) is 24.3 Å². The molecule has 18 heavy (non-hydrogen) atoms. The van der Waals surface area contributed by atoms with E-state index in [1.165, 1.54) is 0 Å². The molecule has 4 N–H and O–H groups in total. The van der Waals surface area contributed by atoms with E-state index in [4.69, 9.17) is 10.8 Å². The van der Waals surface area contributed by atoms with E-state index in [1.54, 1.807) is 24.3 Å². The average Bonchev–Trinajstić information content (AvgIpc) is 2.27. The highest BCUT2D eigenvalue weighted by Gasteiger charge is 2.17. The van der Waals surface area contributed by atoms with Gasteiger partial charge in [-0.25, -0.2) is 0 Å². The molecular weight excluding hydrogens is 232 g/mol. The van der Waals surface area contributed by atoms with Crippen LogP contribution in [0.4, 0.5) is 5.69 Å². The predicted octanol–water partition coefficient (Wildman–Crippen LogP) is 1.24. The number of benzene rings is 1. The third-order valence-electron chi connectivity index (χ3n) is 2.57. The zero-order chi connectivity index (χ0) is 13.7. The van der Waals surface area contributed by atoms with Crippen molar-refractivity contribution in [3.63, 3.8) is 0 Å². The monoisotopic (exact) mass is 250 g/mol. The second-order valence-electron chi connectivity index (χ2n) is 4.53. The first-order chi connectivity index (χ1) is 8.40. The Kier molecular flexibility index (Phi) is 4.85. The summed E-state index contributed by atoms with van der Waals surface area (Å²) in [6.07, 6.45) is -0.0695. The van der Waals surface area contributed by atoms with Gasteiger partial charge in [0.15, 0.2) is 0 Å². The van der Waals surface area contributed by atoms with E-state index in [0.717, 1.165) is 0 Å². The van der Waals surface area contributed by atoms with Crippen LogP contribution in [0.3, 0.4) is 0 Å². The molecule has 1 aromatic carbocycles. The Hall–Kier alpha value is -1.88. The molecule has 0 bridgehead atoms. The number of carbonyl (C=O) groups is 2. The highest BCUT2D eigenvalue weighted by Crippen LogP contribution is 2.12. The van der Waals surface area contributed by atoms with Crippen LogP contribution in [0.5, 0.6) is 0 Å². The van der Waals surface area contributed by atoms with E-state index >= 15 is 0 Å². The number of hydrogen-bond acceptors (Lipinski definition) is 3. The molecule has 1 aromatic rings. The molecule has 0 aliphatic rings. The molecule has 98 valence electrons. The van der Waals surface area contributed by atoms with Gasteiger partial charge in [0.05, 0.1) is 12.5 Å². The zero-order valence-electron chi connectivity index (χ0n) is 10.5. The second-order valence-corrected chi connectivity index (χ2v) is 4.53. The molecule has 0 saturated carbocycles. The first kappa shape index (κ1) is 14.2. The normalized spacial score (nSPS) is 12.2. The summed E-state index contributed by atoms with van der Waals surface area (Å²) in [4.78, 5) is 22.3. The standard InChI is InChI=1S/C13H18N2O3/c1-8(2)12(14)13(18)15-10-5-3-4-9(6-10)7-11(16)17/h3-6,8,12H,7,14H2,1-2H3,(H,15,18)(H,16,17)/t12-/m0/s1. The third-order valence-corrected chi connectivity index (χ3v) is 2.57. The maximum Gasteiger partial charge on any atom is 0.307 e. The zero-order valence-corrected chi connectivity index (χ0v) is 10.5. The number of nitrogens with two attached hydrogens (primary N) is 1. The number of amides is 1. The summed E-state index contributed by atoms with van der Waals surface area (Å²) in [6, 6.07) is 6.17. The molecule has 0 heterocycles. The van der Waals surface area contributed by atoms with Gasteiger partial charge >= 0.3 is 5.97 Å². The number of rotatable bonds is 5. The van der Waals surface area contributed by atoms with Crippen molar-refractivity contribution in [2.75, 3.05) is 5.32 Å². The van der Waals surface area contributed by atoms with E-state index < -0.39 is 12.0 Å². The fraction of sp³-hybridized carbons (Fsp3) is 0.385. The number of carboxylic acids is 1. The minimum atomic E-state index is -0.905. The minimum Gasteiger partial charge on any atom is -0.481 e. The lowest BCUT2D eigenvalue weighted by Crippen LogP contribution is -2.39. The molecule has 0 aliphatic heterocycles. The third kappa shape index (κ3) is 4.18. The van der Waals surface area contributed by atoms with Gasteiger partial charge in [-0.3, -0.25) is 9.59 Å². The van der Waals surface area contributed by atoms with Gasteiger partial charge in [-0.2, -0.15) is 0 Å². The van der Waals surface area contributed by atoms with Crippen molar-refractivity contribution >= 4 is 17.6 Å². The lowest BCUT2D eigenvalue weighted by Gasteiger charge is -2.15. The van der Waals surface area contributed by atoms with E-state index in [9.17, 15) is 9.59 Å². The van der Waals surface area contributed by atoms with Crippen molar-refractivity contribution in [1.82, 2.24) is 0 Å². The highest BCUT2D eigenvalue weighted by atomic mass is 16.4. The molecule has 0 unspecified atom stereocenters. The van der Waals surface area contributed by atoms with E-state index in [-0.39, 0.29) is 18.2 Å². The van der Waals surface area contributed by atoms with Crippen LogP contribution in [0.2, 0.25) is 0 Å². The largest absolute Gasteiger partial charge is 0.481 e. The van der Waals surface area contributed by atoms with Crippen LogP contribution in [0.25, 0.3) is 0 Å². The molecule has 1 rings (SSSR count). The van der Waals surface area contributed by atoms with Crippen LogP contribution in [-0.2, 0) is 16.0 Å². The average molecular weight is 250 g/mol. The lowest BCUT2D eigenvalue weighted by molar-refractivity contribution is -0.136. The van der Waals surface area contributed by atoms with Crippen LogP contribution in [-0.4, -0.2) is 23.0 Å². The number of carbonyl (C=O) groups excluding carboxylic acids is 1. The summed E-state index contributed by atoms with van der Waals surface area (Å²) in [5, 5.41) is 11.4. The molecule has 0 spiro atoms. The van der Waals surface area contributed by atoms with Gasteiger partial charge in [-0.05, 0) is 23.6 Å². The van der Waals surface area contributed by atoms with Crippen molar-refractivity contribution < 1.29 is 14.7 Å². The summed E-state index contributed by atoms with van der Waals surface area (Å²) in [6.45, 7) is 3.73. The first-order valence-electron chi connectivity index (χ1n) is 5.77. The number of carboxylic acid groups (broad SMARTS) is 1. The summed E-state index contributed by atoms with van der Waals surface area (Å²) < 4.78 is 0. The van der Waals surface area contributed by atoms with E-state index in [1.807, 2.05) is 13.8 Å². The summed E-state index contributed by atoms with van der Waals surface area (Å²) in [5.41, 5.74) is 6.92. The first-order valence-corrected chi connectivity index (χ1v) is 5.77. The Bertz CT molecular complexity index is 444. The van der Waals surface area contributed by atoms with E-state index in [2.05, 4.69) is 5.32 Å². The van der Waals surface area contributed by atoms with Crippen molar-refractivity contribution in [2.45, 2.75) is 26.3 Å². The van der Waals surface area contributed by atoms with Gasteiger partial charge in [0.25, 0.3) is 0 Å². The number of anilines is 1. The molecule has 0 fully saturated rings. The quantitative estimate of drug-likeness (QED) is 0.733. The van der Waals surface area contributed by atoms with Crippen molar-refractivity contribution in [1.29, 1.82) is 0 Å². The van der Waals surface area contributed by atoms with Gasteiger partial charge in [0.2, 0.25) is 5.91 Å². The number of aliphatic carboxylic acids is 1. The topological polar surface area (TPSA) is 92.4 Å². The van der Waals surface area contributed by atoms with Crippen molar-refractivity contribution in [3.05, 3.63) is 29.8 Å². The Balaban J connectivity index is 2.73. The molecule has 0 radical (unpaired) electrons. The van der Waals surface area contributed by atoms with Crippen LogP contribution >= 0.6 is 0 Å². The summed E-state index contributed by atoms with van der Waals surface area (Å²) in [5.74, 6) is -1.12. The summed E-state index contributed by atoms with van der Waals surface area (Å²) >= 11 is 0. The van der Waals surface area contributed by atoms with Crippen LogP contribution in [0, 0.1) is 5.92 Å². The Labute approximate surface area is 106 Å². The molecule has 5 heteroatoms. The fourth-order valence-electron chi connectivity index (χ4n) is 1.46. The van der Waals surface area contributed by atoms with Gasteiger partial charge in [-0.1, -0.05) is 26.0 Å². The number of nitrogens with one attached hydrogen (secondary N) is 1. The molecule has 0 aromatic heterocycles. The lowest BCUT2D eigenvalue weighted by atomic mass is 10.0. The Morgan fingerprint density at radius 3 is 2.61 bits per heavy atom. The van der Waals surface area contributed by atoms with E-state index in [0.29, 0.717) is 11.3 Å². The molecule has 0 aliphatic carbocycles. The molecule has 1 amide bonds. The Morgan fingerprint density at radius 1 is 1.39 bits per heavy atom. The summed E-state index contributed by atoms with van der Waals surface area (Å²) in [7, 11) is 0. The van der Waals surface area contributed by atoms with Crippen molar-refractivity contribution in [2.24, 2.45) is 11.7 Å². The van der Waals surface area contributed by atoms with Gasteiger partial charge < -0.3 is 16.2 Å². The number of hydrogen-bond donors (Lipinski definition) is 3. The van der Waals surface area contributed by atoms with Crippen molar-refractivity contribution in [3.8, 4) is 0 Å². The van der Waals surface area contributed by atoms with Gasteiger partial charge in [-0.15, -0.1) is 0 Å².